The van der Waals surface area contributed by atoms with Gasteiger partial charge in [0.2, 0.25) is 0 Å². The summed E-state index contributed by atoms with van der Waals surface area (Å²) in [6, 6.07) is 31.2. The number of carbonyl (C=O) groups is 2. The first-order chi connectivity index (χ1) is 14.7. The van der Waals surface area contributed by atoms with E-state index < -0.39 is 5.97 Å². The average molecular weight is 395 g/mol. The third-order valence-electron chi connectivity index (χ3n) is 4.81. The predicted octanol–water partition coefficient (Wildman–Crippen LogP) is 5.23. The van der Waals surface area contributed by atoms with Crippen LogP contribution in [0.15, 0.2) is 97.1 Å². The summed E-state index contributed by atoms with van der Waals surface area (Å²) in [5, 5.41) is 5.02. The van der Waals surface area contributed by atoms with E-state index in [9.17, 15) is 9.59 Å². The molecule has 0 spiro atoms. The van der Waals surface area contributed by atoms with Gasteiger partial charge >= 0.3 is 5.97 Å². The number of hydrogen-bond acceptors (Lipinski definition) is 3. The summed E-state index contributed by atoms with van der Waals surface area (Å²) < 4.78 is 5.19. The highest BCUT2D eigenvalue weighted by Crippen LogP contribution is 2.27. The number of para-hydroxylation sites is 1. The molecule has 4 aromatic carbocycles. The predicted molar refractivity (Wildman–Crippen MR) is 119 cm³/mol. The molecule has 0 aromatic heterocycles. The lowest BCUT2D eigenvalue weighted by molar-refractivity contribution is -0.146. The zero-order valence-corrected chi connectivity index (χ0v) is 16.4. The number of carbonyl (C=O) groups excluding carboxylic acids is 2. The van der Waals surface area contributed by atoms with Crippen molar-refractivity contribution >= 4 is 28.3 Å². The molecule has 1 amide bonds. The maximum atomic E-state index is 12.3. The zero-order valence-electron chi connectivity index (χ0n) is 16.4. The molecule has 0 aliphatic rings. The number of esters is 1. The average Bonchev–Trinajstić information content (AvgIpc) is 2.79. The van der Waals surface area contributed by atoms with Crippen LogP contribution in [0.1, 0.15) is 5.56 Å². The molecular weight excluding hydrogens is 374 g/mol. The molecule has 0 saturated carbocycles. The second kappa shape index (κ2) is 9.05. The normalized spacial score (nSPS) is 10.5. The van der Waals surface area contributed by atoms with Crippen molar-refractivity contribution in [3.8, 4) is 11.1 Å². The van der Waals surface area contributed by atoms with Crippen molar-refractivity contribution in [2.45, 2.75) is 6.42 Å². The van der Waals surface area contributed by atoms with E-state index >= 15 is 0 Å². The van der Waals surface area contributed by atoms with Crippen molar-refractivity contribution < 1.29 is 14.3 Å². The lowest BCUT2D eigenvalue weighted by Crippen LogP contribution is -2.22. The summed E-state index contributed by atoms with van der Waals surface area (Å²) >= 11 is 0. The maximum absolute atomic E-state index is 12.3. The molecular formula is C26H21NO3. The Labute approximate surface area is 175 Å². The monoisotopic (exact) mass is 395 g/mol. The Morgan fingerprint density at radius 2 is 1.43 bits per heavy atom. The number of amides is 1. The highest BCUT2D eigenvalue weighted by atomic mass is 16.5. The van der Waals surface area contributed by atoms with E-state index in [1.807, 2.05) is 97.1 Å². The third kappa shape index (κ3) is 4.73. The Kier molecular flexibility index (Phi) is 5.85. The molecule has 4 heteroatoms. The molecule has 0 bridgehead atoms. The van der Waals surface area contributed by atoms with E-state index in [0.717, 1.165) is 27.5 Å². The Balaban J connectivity index is 1.35. The first-order valence-electron chi connectivity index (χ1n) is 9.77. The van der Waals surface area contributed by atoms with Gasteiger partial charge in [0.25, 0.3) is 5.91 Å². The fourth-order valence-corrected chi connectivity index (χ4v) is 3.36. The van der Waals surface area contributed by atoms with Gasteiger partial charge in [0, 0.05) is 11.3 Å². The van der Waals surface area contributed by atoms with Gasteiger partial charge in [-0.15, -0.1) is 0 Å². The Hall–Kier alpha value is -3.92. The number of ether oxygens (including phenoxy) is 1. The van der Waals surface area contributed by atoms with Crippen molar-refractivity contribution in [2.75, 3.05) is 11.9 Å². The minimum atomic E-state index is -0.434. The molecule has 4 aromatic rings. The topological polar surface area (TPSA) is 55.4 Å². The number of hydrogen-bond donors (Lipinski definition) is 1. The second-order valence-corrected chi connectivity index (χ2v) is 6.98. The van der Waals surface area contributed by atoms with Crippen molar-refractivity contribution in [3.05, 3.63) is 103 Å². The first kappa shape index (κ1) is 19.4. The lowest BCUT2D eigenvalue weighted by atomic mass is 10.0. The van der Waals surface area contributed by atoms with E-state index in [1.165, 1.54) is 0 Å². The van der Waals surface area contributed by atoms with Gasteiger partial charge in [-0.2, -0.15) is 0 Å². The van der Waals surface area contributed by atoms with E-state index in [2.05, 4.69) is 5.32 Å². The van der Waals surface area contributed by atoms with Gasteiger partial charge in [0.15, 0.2) is 6.61 Å². The largest absolute Gasteiger partial charge is 0.455 e. The molecule has 0 saturated heterocycles. The number of fused-ring (bicyclic) bond motifs is 1. The number of rotatable bonds is 6. The van der Waals surface area contributed by atoms with Gasteiger partial charge in [-0.3, -0.25) is 9.59 Å². The van der Waals surface area contributed by atoms with Gasteiger partial charge in [0.05, 0.1) is 6.42 Å². The third-order valence-corrected chi connectivity index (χ3v) is 4.81. The Bertz CT molecular complexity index is 1190. The van der Waals surface area contributed by atoms with Crippen LogP contribution in [0.5, 0.6) is 0 Å². The highest BCUT2D eigenvalue weighted by Gasteiger charge is 2.11. The molecule has 0 atom stereocenters. The summed E-state index contributed by atoms with van der Waals surface area (Å²) in [7, 11) is 0. The smallest absolute Gasteiger partial charge is 0.310 e. The van der Waals surface area contributed by atoms with Gasteiger partial charge in [0.1, 0.15) is 0 Å². The van der Waals surface area contributed by atoms with Gasteiger partial charge in [-0.1, -0.05) is 91.0 Å². The van der Waals surface area contributed by atoms with Crippen LogP contribution in [-0.4, -0.2) is 18.5 Å². The molecule has 0 fully saturated rings. The fraction of sp³-hybridized carbons (Fsp3) is 0.0769. The molecule has 0 aliphatic heterocycles. The molecule has 1 N–H and O–H groups in total. The van der Waals surface area contributed by atoms with Crippen LogP contribution in [0.25, 0.3) is 21.9 Å². The maximum Gasteiger partial charge on any atom is 0.310 e. The summed E-state index contributed by atoms with van der Waals surface area (Å²) in [5.41, 5.74) is 3.45. The SMILES string of the molecule is O=C(COC(=O)Cc1ccc2ccccc2c1)Nc1ccccc1-c1ccccc1. The fourth-order valence-electron chi connectivity index (χ4n) is 3.36. The molecule has 148 valence electrons. The van der Waals surface area contributed by atoms with Crippen LogP contribution in [0.2, 0.25) is 0 Å². The van der Waals surface area contributed by atoms with E-state index in [1.54, 1.807) is 0 Å². The number of nitrogens with one attached hydrogen (secondary N) is 1. The number of anilines is 1. The Morgan fingerprint density at radius 3 is 2.27 bits per heavy atom. The van der Waals surface area contributed by atoms with Crippen LogP contribution in [0, 0.1) is 0 Å². The highest BCUT2D eigenvalue weighted by molar-refractivity contribution is 5.97. The van der Waals surface area contributed by atoms with Crippen LogP contribution in [0.3, 0.4) is 0 Å². The number of benzene rings is 4. The second-order valence-electron chi connectivity index (χ2n) is 6.98. The summed E-state index contributed by atoms with van der Waals surface area (Å²) in [6.07, 6.45) is 0.124. The molecule has 0 aliphatic carbocycles. The molecule has 0 heterocycles. The van der Waals surface area contributed by atoms with Crippen LogP contribution in [-0.2, 0) is 20.7 Å². The molecule has 30 heavy (non-hydrogen) atoms. The molecule has 4 nitrogen and oxygen atoms in total. The van der Waals surface area contributed by atoms with Gasteiger partial charge in [-0.25, -0.2) is 0 Å². The minimum absolute atomic E-state index is 0.124. The molecule has 0 unspecified atom stereocenters. The quantitative estimate of drug-likeness (QED) is 0.455. The van der Waals surface area contributed by atoms with E-state index in [4.69, 9.17) is 4.74 Å². The van der Waals surface area contributed by atoms with E-state index in [-0.39, 0.29) is 18.9 Å². The van der Waals surface area contributed by atoms with Crippen molar-refractivity contribution in [3.63, 3.8) is 0 Å². The standard InChI is InChI=1S/C26H21NO3/c28-25(27-24-13-7-6-12-23(24)21-9-2-1-3-10-21)18-30-26(29)17-19-14-15-20-8-4-5-11-22(20)16-19/h1-16H,17-18H2,(H,27,28). The zero-order chi connectivity index (χ0) is 20.8. The first-order valence-corrected chi connectivity index (χ1v) is 9.77. The van der Waals surface area contributed by atoms with Crippen LogP contribution < -0.4 is 5.32 Å². The molecule has 0 radical (unpaired) electrons. The van der Waals surface area contributed by atoms with E-state index in [0.29, 0.717) is 5.69 Å². The molecule has 4 rings (SSSR count). The van der Waals surface area contributed by atoms with Crippen LogP contribution in [0.4, 0.5) is 5.69 Å². The summed E-state index contributed by atoms with van der Waals surface area (Å²) in [4.78, 5) is 24.5. The van der Waals surface area contributed by atoms with Crippen molar-refractivity contribution in [2.24, 2.45) is 0 Å². The van der Waals surface area contributed by atoms with Crippen molar-refractivity contribution in [1.82, 2.24) is 0 Å². The Morgan fingerprint density at radius 1 is 0.733 bits per heavy atom. The van der Waals surface area contributed by atoms with Gasteiger partial charge < -0.3 is 10.1 Å². The van der Waals surface area contributed by atoms with Crippen molar-refractivity contribution in [1.29, 1.82) is 0 Å². The summed E-state index contributed by atoms with van der Waals surface area (Å²) in [6.45, 7) is -0.324. The van der Waals surface area contributed by atoms with Crippen LogP contribution >= 0.6 is 0 Å². The summed E-state index contributed by atoms with van der Waals surface area (Å²) in [5.74, 6) is -0.804. The van der Waals surface area contributed by atoms with Gasteiger partial charge in [-0.05, 0) is 28.0 Å². The minimum Gasteiger partial charge on any atom is -0.455 e. The lowest BCUT2D eigenvalue weighted by Gasteiger charge is -2.11.